The fraction of sp³-hybridized carbons (Fsp3) is 0.579. The standard InChI is InChI=1S/C19H26N4O4S/c1-12(2)27-16(24)7-6-8-22-18(28)23(17(25)19(22,3)4)13-9-15(26-5)14(10-20)21-11-13/h9,11-12,18,28H,6-8H2,1-5H3. The Hall–Kier alpha value is -2.31. The van der Waals surface area contributed by atoms with Crippen LogP contribution in [0.1, 0.15) is 46.2 Å². The largest absolute Gasteiger partial charge is 0.494 e. The van der Waals surface area contributed by atoms with Gasteiger partial charge >= 0.3 is 5.97 Å². The summed E-state index contributed by atoms with van der Waals surface area (Å²) in [6, 6.07) is 3.55. The number of pyridine rings is 1. The number of nitrogens with zero attached hydrogens (tertiary/aromatic N) is 4. The van der Waals surface area contributed by atoms with E-state index in [9.17, 15) is 9.59 Å². The lowest BCUT2D eigenvalue weighted by atomic mass is 10.0. The number of amides is 1. The van der Waals surface area contributed by atoms with Crippen LogP contribution in [0.4, 0.5) is 5.69 Å². The van der Waals surface area contributed by atoms with E-state index in [1.54, 1.807) is 6.07 Å². The van der Waals surface area contributed by atoms with E-state index >= 15 is 0 Å². The molecule has 1 unspecified atom stereocenters. The summed E-state index contributed by atoms with van der Waals surface area (Å²) in [4.78, 5) is 32.3. The summed E-state index contributed by atoms with van der Waals surface area (Å²) < 4.78 is 10.3. The molecule has 2 rings (SSSR count). The Balaban J connectivity index is 2.18. The topological polar surface area (TPSA) is 95.8 Å². The molecule has 1 aromatic rings. The molecule has 0 bridgehead atoms. The number of thiol groups is 1. The number of anilines is 1. The molecule has 2 heterocycles. The fourth-order valence-electron chi connectivity index (χ4n) is 3.12. The first-order valence-corrected chi connectivity index (χ1v) is 9.57. The Morgan fingerprint density at radius 2 is 2.14 bits per heavy atom. The van der Waals surface area contributed by atoms with Crippen molar-refractivity contribution in [3.63, 3.8) is 0 Å². The lowest BCUT2D eigenvalue weighted by molar-refractivity contribution is -0.147. The molecule has 0 radical (unpaired) electrons. The van der Waals surface area contributed by atoms with Gasteiger partial charge in [-0.25, -0.2) is 4.98 Å². The number of hydrogen-bond acceptors (Lipinski definition) is 8. The Morgan fingerprint density at radius 1 is 1.46 bits per heavy atom. The third-order valence-electron chi connectivity index (χ3n) is 4.56. The zero-order valence-corrected chi connectivity index (χ0v) is 17.7. The number of hydrogen-bond donors (Lipinski definition) is 1. The van der Waals surface area contributed by atoms with Gasteiger partial charge in [0.05, 0.1) is 30.6 Å². The molecule has 0 saturated carbocycles. The third-order valence-corrected chi connectivity index (χ3v) is 5.07. The van der Waals surface area contributed by atoms with Gasteiger partial charge in [0.2, 0.25) is 5.91 Å². The molecule has 1 saturated heterocycles. The van der Waals surface area contributed by atoms with E-state index in [0.29, 0.717) is 24.4 Å². The third kappa shape index (κ3) is 4.39. The SMILES string of the molecule is COc1cc(N2C(=O)C(C)(C)N(CCCC(=O)OC(C)C)C2S)cnc1C#N. The van der Waals surface area contributed by atoms with Crippen LogP contribution < -0.4 is 9.64 Å². The average Bonchev–Trinajstić information content (AvgIpc) is 2.80. The van der Waals surface area contributed by atoms with Crippen molar-refractivity contribution in [2.75, 3.05) is 18.6 Å². The van der Waals surface area contributed by atoms with Crippen LogP contribution in [0.5, 0.6) is 5.75 Å². The predicted molar refractivity (Wildman–Crippen MR) is 107 cm³/mol. The van der Waals surface area contributed by atoms with Crippen molar-refractivity contribution in [1.29, 1.82) is 5.26 Å². The summed E-state index contributed by atoms with van der Waals surface area (Å²) in [7, 11) is 1.44. The van der Waals surface area contributed by atoms with Crippen molar-refractivity contribution in [1.82, 2.24) is 9.88 Å². The van der Waals surface area contributed by atoms with Gasteiger partial charge in [-0.05, 0) is 34.1 Å². The highest BCUT2D eigenvalue weighted by Crippen LogP contribution is 2.37. The van der Waals surface area contributed by atoms with E-state index in [2.05, 4.69) is 17.6 Å². The van der Waals surface area contributed by atoms with Crippen molar-refractivity contribution < 1.29 is 19.1 Å². The fourth-order valence-corrected chi connectivity index (χ4v) is 3.76. The number of carbonyl (C=O) groups is 2. The molecule has 1 fully saturated rings. The second kappa shape index (κ2) is 8.80. The maximum absolute atomic E-state index is 13.1. The van der Waals surface area contributed by atoms with Crippen LogP contribution in [0.3, 0.4) is 0 Å². The quantitative estimate of drug-likeness (QED) is 0.548. The molecular formula is C19H26N4O4S. The van der Waals surface area contributed by atoms with Crippen molar-refractivity contribution >= 4 is 30.2 Å². The van der Waals surface area contributed by atoms with Gasteiger partial charge in [0.1, 0.15) is 11.6 Å². The van der Waals surface area contributed by atoms with Crippen LogP contribution in [-0.4, -0.2) is 52.6 Å². The first-order valence-electron chi connectivity index (χ1n) is 9.05. The monoisotopic (exact) mass is 406 g/mol. The van der Waals surface area contributed by atoms with Crippen LogP contribution in [-0.2, 0) is 14.3 Å². The van der Waals surface area contributed by atoms with Crippen molar-refractivity contribution in [2.24, 2.45) is 0 Å². The molecule has 1 aromatic heterocycles. The maximum atomic E-state index is 13.1. The lowest BCUT2D eigenvalue weighted by Crippen LogP contribution is -2.45. The summed E-state index contributed by atoms with van der Waals surface area (Å²) in [6.45, 7) is 7.75. The van der Waals surface area contributed by atoms with E-state index < -0.39 is 11.0 Å². The number of aromatic nitrogens is 1. The van der Waals surface area contributed by atoms with Crippen molar-refractivity contribution in [2.45, 2.75) is 57.7 Å². The van der Waals surface area contributed by atoms with Gasteiger partial charge in [0.15, 0.2) is 11.4 Å². The maximum Gasteiger partial charge on any atom is 0.306 e. The van der Waals surface area contributed by atoms with Gasteiger partial charge in [0, 0.05) is 19.0 Å². The van der Waals surface area contributed by atoms with E-state index in [1.807, 2.05) is 38.7 Å². The van der Waals surface area contributed by atoms with Crippen LogP contribution in [0.2, 0.25) is 0 Å². The Labute approximate surface area is 170 Å². The summed E-state index contributed by atoms with van der Waals surface area (Å²) in [6.07, 6.45) is 2.12. The van der Waals surface area contributed by atoms with Crippen LogP contribution >= 0.6 is 12.6 Å². The summed E-state index contributed by atoms with van der Waals surface area (Å²) >= 11 is 4.64. The molecule has 1 aliphatic heterocycles. The molecule has 0 N–H and O–H groups in total. The number of carbonyl (C=O) groups excluding carboxylic acids is 2. The van der Waals surface area contributed by atoms with Gasteiger partial charge in [-0.1, -0.05) is 0 Å². The van der Waals surface area contributed by atoms with Gasteiger partial charge in [-0.2, -0.15) is 5.26 Å². The number of esters is 1. The van der Waals surface area contributed by atoms with Gasteiger partial charge < -0.3 is 9.47 Å². The predicted octanol–water partition coefficient (Wildman–Crippen LogP) is 2.33. The molecule has 0 aliphatic carbocycles. The molecular weight excluding hydrogens is 380 g/mol. The van der Waals surface area contributed by atoms with Gasteiger partial charge in [0.25, 0.3) is 0 Å². The minimum atomic E-state index is -0.810. The Morgan fingerprint density at radius 3 is 2.71 bits per heavy atom. The number of methoxy groups -OCH3 is 1. The van der Waals surface area contributed by atoms with Crippen LogP contribution in [0.15, 0.2) is 12.3 Å². The van der Waals surface area contributed by atoms with Gasteiger partial charge in [-0.3, -0.25) is 19.4 Å². The number of rotatable bonds is 7. The van der Waals surface area contributed by atoms with E-state index in [4.69, 9.17) is 14.7 Å². The number of ether oxygens (including phenoxy) is 2. The normalized spacial score (nSPS) is 19.0. The second-order valence-electron chi connectivity index (χ2n) is 7.27. The first-order chi connectivity index (χ1) is 13.1. The highest BCUT2D eigenvalue weighted by atomic mass is 32.1. The van der Waals surface area contributed by atoms with Crippen LogP contribution in [0, 0.1) is 11.3 Å². The molecule has 0 spiro atoms. The molecule has 0 aromatic carbocycles. The minimum absolute atomic E-state index is 0.147. The van der Waals surface area contributed by atoms with Gasteiger partial charge in [-0.15, -0.1) is 12.6 Å². The smallest absolute Gasteiger partial charge is 0.306 e. The first kappa shape index (κ1) is 22.0. The molecule has 9 heteroatoms. The average molecular weight is 407 g/mol. The Bertz CT molecular complexity index is 791. The molecule has 152 valence electrons. The van der Waals surface area contributed by atoms with E-state index in [-0.39, 0.29) is 30.1 Å². The molecule has 8 nitrogen and oxygen atoms in total. The summed E-state index contributed by atoms with van der Waals surface area (Å²) in [5.41, 5.74) is -0.706. The lowest BCUT2D eigenvalue weighted by Gasteiger charge is -2.30. The van der Waals surface area contributed by atoms with Crippen molar-refractivity contribution in [3.05, 3.63) is 18.0 Å². The summed E-state index contributed by atoms with van der Waals surface area (Å²) in [5.74, 6) is -0.112. The second-order valence-corrected chi connectivity index (χ2v) is 7.73. The molecule has 28 heavy (non-hydrogen) atoms. The zero-order valence-electron chi connectivity index (χ0n) is 16.8. The minimum Gasteiger partial charge on any atom is -0.494 e. The van der Waals surface area contributed by atoms with E-state index in [1.165, 1.54) is 18.2 Å². The Kier molecular flexibility index (Phi) is 6.91. The highest BCUT2D eigenvalue weighted by molar-refractivity contribution is 7.81. The zero-order chi connectivity index (χ0) is 21.1. The molecule has 1 aliphatic rings. The highest BCUT2D eigenvalue weighted by Gasteiger charge is 2.50. The van der Waals surface area contributed by atoms with Crippen molar-refractivity contribution in [3.8, 4) is 11.8 Å². The molecule has 1 amide bonds. The summed E-state index contributed by atoms with van der Waals surface area (Å²) in [5, 5.41) is 9.10. The number of nitriles is 1. The molecule has 1 atom stereocenters. The van der Waals surface area contributed by atoms with Crippen LogP contribution in [0.25, 0.3) is 0 Å². The van der Waals surface area contributed by atoms with E-state index in [0.717, 1.165) is 0 Å².